The number of carbonyl (C=O) groups excluding carboxylic acids is 1. The number of aromatic nitrogens is 2. The van der Waals surface area contributed by atoms with Crippen LogP contribution in [0, 0.1) is 18.3 Å². The van der Waals surface area contributed by atoms with Crippen molar-refractivity contribution in [2.45, 2.75) is 37.1 Å². The topological polar surface area (TPSA) is 79.4 Å². The van der Waals surface area contributed by atoms with Crippen LogP contribution >= 0.6 is 11.8 Å². The van der Waals surface area contributed by atoms with Gasteiger partial charge in [0.25, 0.3) is 0 Å². The standard InChI is InChI=1S/C25H24N4O2S/c1-15-13-23(29-21-11-7-6-10-20(21)28-24(29)19(15)14-26)32-17(3)25(30)27-16(2)18-9-5-8-12-22(18)31-4/h5-13,16-17H,1-4H3,(H,27,30). The van der Waals surface area contributed by atoms with Gasteiger partial charge in [0.2, 0.25) is 5.91 Å². The lowest BCUT2D eigenvalue weighted by Gasteiger charge is -2.20. The summed E-state index contributed by atoms with van der Waals surface area (Å²) >= 11 is 1.45. The van der Waals surface area contributed by atoms with Crippen LogP contribution in [0.2, 0.25) is 0 Å². The van der Waals surface area contributed by atoms with Gasteiger partial charge in [-0.3, -0.25) is 9.20 Å². The molecule has 0 saturated carbocycles. The molecule has 2 aromatic heterocycles. The second-order valence-electron chi connectivity index (χ2n) is 7.64. The molecule has 2 unspecified atom stereocenters. The van der Waals surface area contributed by atoms with Gasteiger partial charge >= 0.3 is 0 Å². The van der Waals surface area contributed by atoms with Crippen molar-refractivity contribution in [1.29, 1.82) is 5.26 Å². The fraction of sp³-hybridized carbons (Fsp3) is 0.240. The predicted molar refractivity (Wildman–Crippen MR) is 127 cm³/mol. The van der Waals surface area contributed by atoms with E-state index in [9.17, 15) is 10.1 Å². The van der Waals surface area contributed by atoms with Crippen molar-refractivity contribution in [3.05, 3.63) is 71.3 Å². The molecule has 162 valence electrons. The molecule has 2 atom stereocenters. The Labute approximate surface area is 191 Å². The predicted octanol–water partition coefficient (Wildman–Crippen LogP) is 5.03. The van der Waals surface area contributed by atoms with E-state index in [2.05, 4.69) is 16.4 Å². The summed E-state index contributed by atoms with van der Waals surface area (Å²) in [4.78, 5) is 17.7. The Balaban J connectivity index is 1.64. The number of ether oxygens (including phenoxy) is 1. The molecule has 0 spiro atoms. The number of thioether (sulfide) groups is 1. The number of aryl methyl sites for hydroxylation is 1. The Bertz CT molecular complexity index is 1360. The molecule has 2 aromatic carbocycles. The van der Waals surface area contributed by atoms with E-state index in [0.717, 1.165) is 32.9 Å². The maximum atomic E-state index is 13.0. The van der Waals surface area contributed by atoms with Gasteiger partial charge in [-0.25, -0.2) is 4.98 Å². The molecule has 0 aliphatic rings. The van der Waals surface area contributed by atoms with Crippen LogP contribution in [0.25, 0.3) is 16.7 Å². The Morgan fingerprint density at radius 1 is 1.19 bits per heavy atom. The van der Waals surface area contributed by atoms with E-state index in [1.54, 1.807) is 7.11 Å². The summed E-state index contributed by atoms with van der Waals surface area (Å²) < 4.78 is 7.40. The molecular formula is C25H24N4O2S. The first kappa shape index (κ1) is 21.7. The monoisotopic (exact) mass is 444 g/mol. The highest BCUT2D eigenvalue weighted by Crippen LogP contribution is 2.32. The molecule has 0 aliphatic heterocycles. The molecule has 0 bridgehead atoms. The zero-order valence-corrected chi connectivity index (χ0v) is 19.2. The molecule has 6 nitrogen and oxygen atoms in total. The van der Waals surface area contributed by atoms with Gasteiger partial charge in [0.05, 0.1) is 40.0 Å². The third kappa shape index (κ3) is 3.90. The summed E-state index contributed by atoms with van der Waals surface area (Å²) in [5, 5.41) is 13.3. The average Bonchev–Trinajstić information content (AvgIpc) is 3.18. The Kier molecular flexibility index (Phi) is 6.06. The van der Waals surface area contributed by atoms with E-state index >= 15 is 0 Å². The number of rotatable bonds is 6. The number of hydrogen-bond donors (Lipinski definition) is 1. The van der Waals surface area contributed by atoms with Crippen molar-refractivity contribution < 1.29 is 9.53 Å². The second kappa shape index (κ2) is 8.93. The molecule has 0 radical (unpaired) electrons. The smallest absolute Gasteiger partial charge is 0.233 e. The van der Waals surface area contributed by atoms with Crippen molar-refractivity contribution in [2.24, 2.45) is 0 Å². The number of nitriles is 1. The van der Waals surface area contributed by atoms with Crippen LogP contribution < -0.4 is 10.1 Å². The second-order valence-corrected chi connectivity index (χ2v) is 9.01. The third-order valence-electron chi connectivity index (χ3n) is 5.48. The van der Waals surface area contributed by atoms with Gasteiger partial charge < -0.3 is 10.1 Å². The normalized spacial score (nSPS) is 13.0. The van der Waals surface area contributed by atoms with Crippen LogP contribution in [0.15, 0.2) is 59.6 Å². The van der Waals surface area contributed by atoms with Gasteiger partial charge in [0.1, 0.15) is 11.8 Å². The molecule has 7 heteroatoms. The number of fused-ring (bicyclic) bond motifs is 3. The Morgan fingerprint density at radius 3 is 2.66 bits per heavy atom. The number of imidazole rings is 1. The van der Waals surface area contributed by atoms with Crippen LogP contribution in [0.3, 0.4) is 0 Å². The average molecular weight is 445 g/mol. The maximum absolute atomic E-state index is 13.0. The lowest BCUT2D eigenvalue weighted by molar-refractivity contribution is -0.120. The molecule has 0 saturated heterocycles. The fourth-order valence-corrected chi connectivity index (χ4v) is 4.88. The summed E-state index contributed by atoms with van der Waals surface area (Å²) in [7, 11) is 1.62. The molecule has 4 rings (SSSR count). The van der Waals surface area contributed by atoms with Crippen LogP contribution in [0.5, 0.6) is 5.75 Å². The fourth-order valence-electron chi connectivity index (χ4n) is 3.81. The van der Waals surface area contributed by atoms with Gasteiger partial charge in [-0.1, -0.05) is 42.1 Å². The SMILES string of the molecule is COc1ccccc1C(C)NC(=O)C(C)Sc1cc(C)c(C#N)c2nc3ccccc3n12. The van der Waals surface area contributed by atoms with E-state index in [0.29, 0.717) is 11.2 Å². The summed E-state index contributed by atoms with van der Waals surface area (Å²) in [6, 6.07) is 19.5. The van der Waals surface area contributed by atoms with Crippen LogP contribution in [0.4, 0.5) is 0 Å². The highest BCUT2D eigenvalue weighted by molar-refractivity contribution is 8.00. The van der Waals surface area contributed by atoms with Crippen molar-refractivity contribution in [3.8, 4) is 11.8 Å². The van der Waals surface area contributed by atoms with Gasteiger partial charge in [0.15, 0.2) is 5.65 Å². The Morgan fingerprint density at radius 2 is 1.91 bits per heavy atom. The minimum absolute atomic E-state index is 0.0759. The lowest BCUT2D eigenvalue weighted by atomic mass is 10.1. The number of benzene rings is 2. The molecule has 1 N–H and O–H groups in total. The number of hydrogen-bond acceptors (Lipinski definition) is 5. The molecule has 1 amide bonds. The minimum atomic E-state index is -0.358. The largest absolute Gasteiger partial charge is 0.496 e. The highest BCUT2D eigenvalue weighted by Gasteiger charge is 2.22. The number of nitrogens with one attached hydrogen (secondary N) is 1. The van der Waals surface area contributed by atoms with E-state index in [-0.39, 0.29) is 17.2 Å². The van der Waals surface area contributed by atoms with Crippen molar-refractivity contribution >= 4 is 34.3 Å². The quantitative estimate of drug-likeness (QED) is 0.422. The van der Waals surface area contributed by atoms with E-state index in [1.807, 2.05) is 79.8 Å². The van der Waals surface area contributed by atoms with Gasteiger partial charge in [-0.2, -0.15) is 5.26 Å². The number of methoxy groups -OCH3 is 1. The van der Waals surface area contributed by atoms with E-state index in [1.165, 1.54) is 11.8 Å². The first-order chi connectivity index (χ1) is 15.4. The van der Waals surface area contributed by atoms with Crippen molar-refractivity contribution in [1.82, 2.24) is 14.7 Å². The number of carbonyl (C=O) groups is 1. The third-order valence-corrected chi connectivity index (χ3v) is 6.59. The maximum Gasteiger partial charge on any atom is 0.233 e. The van der Waals surface area contributed by atoms with Gasteiger partial charge in [0, 0.05) is 5.56 Å². The van der Waals surface area contributed by atoms with Gasteiger partial charge in [-0.05, 0) is 50.6 Å². The molecule has 0 aliphatic carbocycles. The van der Waals surface area contributed by atoms with E-state index in [4.69, 9.17) is 4.74 Å². The molecule has 0 fully saturated rings. The number of nitrogens with zero attached hydrogens (tertiary/aromatic N) is 3. The van der Waals surface area contributed by atoms with Crippen LogP contribution in [-0.2, 0) is 4.79 Å². The van der Waals surface area contributed by atoms with Crippen LogP contribution in [0.1, 0.15) is 36.6 Å². The van der Waals surface area contributed by atoms with Crippen molar-refractivity contribution in [3.63, 3.8) is 0 Å². The lowest BCUT2D eigenvalue weighted by Crippen LogP contribution is -2.33. The summed E-state index contributed by atoms with van der Waals surface area (Å²) in [5.74, 6) is 0.669. The van der Waals surface area contributed by atoms with Crippen LogP contribution in [-0.4, -0.2) is 27.7 Å². The minimum Gasteiger partial charge on any atom is -0.496 e. The zero-order chi connectivity index (χ0) is 22.8. The Hall–Kier alpha value is -3.50. The molecule has 4 aromatic rings. The number of para-hydroxylation sites is 3. The highest BCUT2D eigenvalue weighted by atomic mass is 32.2. The first-order valence-electron chi connectivity index (χ1n) is 10.4. The summed E-state index contributed by atoms with van der Waals surface area (Å²) in [5.41, 5.74) is 4.67. The molecular weight excluding hydrogens is 420 g/mol. The molecule has 32 heavy (non-hydrogen) atoms. The number of pyridine rings is 1. The van der Waals surface area contributed by atoms with Gasteiger partial charge in [-0.15, -0.1) is 0 Å². The summed E-state index contributed by atoms with van der Waals surface area (Å²) in [6.07, 6.45) is 0. The van der Waals surface area contributed by atoms with Crippen molar-refractivity contribution in [2.75, 3.05) is 7.11 Å². The summed E-state index contributed by atoms with van der Waals surface area (Å²) in [6.45, 7) is 5.73. The zero-order valence-electron chi connectivity index (χ0n) is 18.4. The molecule has 2 heterocycles. The first-order valence-corrected chi connectivity index (χ1v) is 11.2. The van der Waals surface area contributed by atoms with E-state index < -0.39 is 0 Å². The number of amides is 1.